The fourth-order valence-corrected chi connectivity index (χ4v) is 2.87. The highest BCUT2D eigenvalue weighted by Crippen LogP contribution is 2.25. The molecule has 2 rings (SSSR count). The Bertz CT molecular complexity index is 353. The molecule has 1 heterocycles. The van der Waals surface area contributed by atoms with Gasteiger partial charge in [0.25, 0.3) is 0 Å². The first-order valence-electron chi connectivity index (χ1n) is 6.88. The largest absolute Gasteiger partial charge is 0.481 e. The topological polar surface area (TPSA) is 87.7 Å². The van der Waals surface area contributed by atoms with E-state index in [1.807, 2.05) is 6.92 Å². The zero-order chi connectivity index (χ0) is 13.9. The van der Waals surface area contributed by atoms with E-state index in [1.54, 1.807) is 0 Å². The van der Waals surface area contributed by atoms with Crippen LogP contribution in [0, 0.1) is 5.92 Å². The molecule has 0 spiro atoms. The molecular formula is C13H22N2O4. The van der Waals surface area contributed by atoms with Gasteiger partial charge >= 0.3 is 12.0 Å². The number of hydrogen-bond donors (Lipinski definition) is 3. The van der Waals surface area contributed by atoms with Crippen LogP contribution in [0.15, 0.2) is 0 Å². The third-order valence-corrected chi connectivity index (χ3v) is 3.97. The van der Waals surface area contributed by atoms with Gasteiger partial charge in [0.2, 0.25) is 0 Å². The molecule has 6 heteroatoms. The number of ether oxygens (including phenoxy) is 1. The average Bonchev–Trinajstić information content (AvgIpc) is 2.77. The van der Waals surface area contributed by atoms with Crippen molar-refractivity contribution in [1.29, 1.82) is 0 Å². The lowest BCUT2D eigenvalue weighted by molar-refractivity contribution is -0.141. The SMILES string of the molecule is CC1(NC(=O)NC2CCC(C(=O)O)C2)CCCOC1. The molecule has 1 aliphatic heterocycles. The number of nitrogens with one attached hydrogen (secondary N) is 2. The summed E-state index contributed by atoms with van der Waals surface area (Å²) in [6, 6.07) is -0.252. The molecule has 0 aromatic carbocycles. The van der Waals surface area contributed by atoms with Crippen molar-refractivity contribution in [2.24, 2.45) is 5.92 Å². The standard InChI is InChI=1S/C13H22N2O4/c1-13(5-2-6-19-8-13)15-12(18)14-10-4-3-9(7-10)11(16)17/h9-10H,2-8H2,1H3,(H,16,17)(H2,14,15,18). The van der Waals surface area contributed by atoms with Gasteiger partial charge in [0.15, 0.2) is 0 Å². The van der Waals surface area contributed by atoms with Crippen LogP contribution in [0.4, 0.5) is 4.79 Å². The Labute approximate surface area is 112 Å². The number of urea groups is 1. The third-order valence-electron chi connectivity index (χ3n) is 3.97. The summed E-state index contributed by atoms with van der Waals surface area (Å²) in [7, 11) is 0. The number of carboxylic acids is 1. The maximum absolute atomic E-state index is 11.9. The van der Waals surface area contributed by atoms with Gasteiger partial charge in [0, 0.05) is 12.6 Å². The van der Waals surface area contributed by atoms with Gasteiger partial charge in [0.1, 0.15) is 0 Å². The molecule has 2 aliphatic rings. The van der Waals surface area contributed by atoms with Crippen LogP contribution in [0.2, 0.25) is 0 Å². The molecule has 2 amide bonds. The molecule has 3 unspecified atom stereocenters. The molecule has 3 atom stereocenters. The van der Waals surface area contributed by atoms with Crippen molar-refractivity contribution in [2.45, 2.75) is 50.6 Å². The molecule has 1 aliphatic carbocycles. The van der Waals surface area contributed by atoms with E-state index in [1.165, 1.54) is 0 Å². The number of hydrogen-bond acceptors (Lipinski definition) is 3. The number of amides is 2. The van der Waals surface area contributed by atoms with Gasteiger partial charge in [0.05, 0.1) is 18.1 Å². The van der Waals surface area contributed by atoms with E-state index in [4.69, 9.17) is 9.84 Å². The summed E-state index contributed by atoms with van der Waals surface area (Å²) in [6.45, 7) is 3.26. The minimum Gasteiger partial charge on any atom is -0.481 e. The summed E-state index contributed by atoms with van der Waals surface area (Å²) in [5.74, 6) is -1.09. The Hall–Kier alpha value is -1.30. The van der Waals surface area contributed by atoms with E-state index in [0.29, 0.717) is 19.4 Å². The van der Waals surface area contributed by atoms with Gasteiger partial charge in [-0.3, -0.25) is 4.79 Å². The summed E-state index contributed by atoms with van der Waals surface area (Å²) >= 11 is 0. The van der Waals surface area contributed by atoms with Crippen LogP contribution < -0.4 is 10.6 Å². The molecule has 108 valence electrons. The molecule has 0 aromatic heterocycles. The highest BCUT2D eigenvalue weighted by molar-refractivity contribution is 5.75. The molecule has 1 saturated carbocycles. The molecule has 2 fully saturated rings. The van der Waals surface area contributed by atoms with Gasteiger partial charge in [-0.1, -0.05) is 0 Å². The molecule has 1 saturated heterocycles. The molecule has 19 heavy (non-hydrogen) atoms. The fraction of sp³-hybridized carbons (Fsp3) is 0.846. The molecule has 3 N–H and O–H groups in total. The lowest BCUT2D eigenvalue weighted by atomic mass is 9.95. The van der Waals surface area contributed by atoms with Crippen molar-refractivity contribution < 1.29 is 19.4 Å². The second kappa shape index (κ2) is 5.77. The normalized spacial score (nSPS) is 34.8. The van der Waals surface area contributed by atoms with Crippen molar-refractivity contribution in [3.63, 3.8) is 0 Å². The first kappa shape index (κ1) is 14.1. The Morgan fingerprint density at radius 2 is 2.16 bits per heavy atom. The lowest BCUT2D eigenvalue weighted by Crippen LogP contribution is -2.55. The van der Waals surface area contributed by atoms with E-state index in [0.717, 1.165) is 25.9 Å². The summed E-state index contributed by atoms with van der Waals surface area (Å²) in [4.78, 5) is 22.8. The second-order valence-corrected chi connectivity index (χ2v) is 5.86. The van der Waals surface area contributed by atoms with Crippen molar-refractivity contribution in [1.82, 2.24) is 10.6 Å². The minimum absolute atomic E-state index is 0.0331. The number of carboxylic acid groups (broad SMARTS) is 1. The van der Waals surface area contributed by atoms with Gasteiger partial charge in [-0.2, -0.15) is 0 Å². The highest BCUT2D eigenvalue weighted by atomic mass is 16.5. The minimum atomic E-state index is -0.766. The van der Waals surface area contributed by atoms with Crippen LogP contribution in [0.5, 0.6) is 0 Å². The monoisotopic (exact) mass is 270 g/mol. The van der Waals surface area contributed by atoms with Crippen molar-refractivity contribution in [3.05, 3.63) is 0 Å². The van der Waals surface area contributed by atoms with Gasteiger partial charge < -0.3 is 20.5 Å². The van der Waals surface area contributed by atoms with E-state index in [2.05, 4.69) is 10.6 Å². The first-order valence-corrected chi connectivity index (χ1v) is 6.88. The Morgan fingerprint density at radius 3 is 2.74 bits per heavy atom. The van der Waals surface area contributed by atoms with Crippen molar-refractivity contribution in [3.8, 4) is 0 Å². The van der Waals surface area contributed by atoms with Crippen LogP contribution in [0.3, 0.4) is 0 Å². The second-order valence-electron chi connectivity index (χ2n) is 5.86. The highest BCUT2D eigenvalue weighted by Gasteiger charge is 2.33. The summed E-state index contributed by atoms with van der Waals surface area (Å²) in [5, 5.41) is 14.7. The number of aliphatic carboxylic acids is 1. The zero-order valence-corrected chi connectivity index (χ0v) is 11.3. The van der Waals surface area contributed by atoms with Crippen molar-refractivity contribution >= 4 is 12.0 Å². The van der Waals surface area contributed by atoms with Crippen LogP contribution in [0.1, 0.15) is 39.0 Å². The predicted octanol–water partition coefficient (Wildman–Crippen LogP) is 1.11. The van der Waals surface area contributed by atoms with Crippen LogP contribution in [-0.4, -0.2) is 41.9 Å². The first-order chi connectivity index (χ1) is 8.98. The van der Waals surface area contributed by atoms with Crippen molar-refractivity contribution in [2.75, 3.05) is 13.2 Å². The van der Waals surface area contributed by atoms with E-state index in [-0.39, 0.29) is 23.5 Å². The predicted molar refractivity (Wildman–Crippen MR) is 68.9 cm³/mol. The van der Waals surface area contributed by atoms with Gasteiger partial charge in [-0.25, -0.2) is 4.79 Å². The smallest absolute Gasteiger partial charge is 0.315 e. The summed E-state index contributed by atoms with van der Waals surface area (Å²) < 4.78 is 5.38. The number of rotatable bonds is 3. The molecule has 6 nitrogen and oxygen atoms in total. The number of carbonyl (C=O) groups excluding carboxylic acids is 1. The summed E-state index contributed by atoms with van der Waals surface area (Å²) in [6.07, 6.45) is 3.75. The van der Waals surface area contributed by atoms with E-state index >= 15 is 0 Å². The Kier molecular flexibility index (Phi) is 4.29. The maximum atomic E-state index is 11.9. The number of carbonyl (C=O) groups is 2. The fourth-order valence-electron chi connectivity index (χ4n) is 2.87. The van der Waals surface area contributed by atoms with Gasteiger partial charge in [-0.15, -0.1) is 0 Å². The Balaban J connectivity index is 1.77. The molecule has 0 radical (unpaired) electrons. The Morgan fingerprint density at radius 1 is 1.37 bits per heavy atom. The average molecular weight is 270 g/mol. The maximum Gasteiger partial charge on any atom is 0.315 e. The summed E-state index contributed by atoms with van der Waals surface area (Å²) in [5.41, 5.74) is -0.312. The van der Waals surface area contributed by atoms with Crippen LogP contribution >= 0.6 is 0 Å². The molecular weight excluding hydrogens is 248 g/mol. The quantitative estimate of drug-likeness (QED) is 0.717. The van der Waals surface area contributed by atoms with Gasteiger partial charge in [-0.05, 0) is 39.0 Å². The van der Waals surface area contributed by atoms with Crippen LogP contribution in [0.25, 0.3) is 0 Å². The van der Waals surface area contributed by atoms with Crippen LogP contribution in [-0.2, 0) is 9.53 Å². The zero-order valence-electron chi connectivity index (χ0n) is 11.3. The van der Waals surface area contributed by atoms with E-state index < -0.39 is 5.97 Å². The third kappa shape index (κ3) is 3.83. The lowest BCUT2D eigenvalue weighted by Gasteiger charge is -2.34. The van der Waals surface area contributed by atoms with E-state index in [9.17, 15) is 9.59 Å². The molecule has 0 aromatic rings. The molecule has 0 bridgehead atoms.